The van der Waals surface area contributed by atoms with E-state index in [2.05, 4.69) is 39.0 Å². The standard InChI is InChI=1S/C17H24S/c1-4-13(2)16-11-12-17(18-16)15-10-8-6-5-7-9-14(15)3/h4,11-12H,5-10H2,1-3H3. The molecule has 0 amide bonds. The molecular weight excluding hydrogens is 236 g/mol. The van der Waals surface area contributed by atoms with E-state index >= 15 is 0 Å². The summed E-state index contributed by atoms with van der Waals surface area (Å²) in [7, 11) is 0. The molecule has 0 saturated heterocycles. The highest BCUT2D eigenvalue weighted by Crippen LogP contribution is 2.35. The molecule has 1 aromatic heterocycles. The van der Waals surface area contributed by atoms with Crippen LogP contribution in [0.3, 0.4) is 0 Å². The molecule has 1 heteroatoms. The quantitative estimate of drug-likeness (QED) is 0.585. The summed E-state index contributed by atoms with van der Waals surface area (Å²) in [6.07, 6.45) is 10.3. The predicted octanol–water partition coefficient (Wildman–Crippen LogP) is 6.30. The Labute approximate surface area is 115 Å². The first-order chi connectivity index (χ1) is 8.72. The van der Waals surface area contributed by atoms with E-state index in [9.17, 15) is 0 Å². The van der Waals surface area contributed by atoms with Crippen LogP contribution < -0.4 is 0 Å². The Kier molecular flexibility index (Phi) is 4.82. The summed E-state index contributed by atoms with van der Waals surface area (Å²) in [5, 5.41) is 0. The molecule has 18 heavy (non-hydrogen) atoms. The molecule has 0 unspecified atom stereocenters. The van der Waals surface area contributed by atoms with Crippen LogP contribution in [-0.2, 0) is 0 Å². The number of hydrogen-bond acceptors (Lipinski definition) is 1. The molecule has 0 atom stereocenters. The molecule has 1 aliphatic rings. The average molecular weight is 260 g/mol. The molecule has 0 fully saturated rings. The van der Waals surface area contributed by atoms with Gasteiger partial charge in [0.1, 0.15) is 0 Å². The fourth-order valence-corrected chi connectivity index (χ4v) is 3.78. The molecule has 0 saturated carbocycles. The van der Waals surface area contributed by atoms with Crippen LogP contribution in [-0.4, -0.2) is 0 Å². The van der Waals surface area contributed by atoms with Gasteiger partial charge in [0.25, 0.3) is 0 Å². The van der Waals surface area contributed by atoms with Crippen molar-refractivity contribution in [2.24, 2.45) is 0 Å². The lowest BCUT2D eigenvalue weighted by Crippen LogP contribution is -1.93. The summed E-state index contributed by atoms with van der Waals surface area (Å²) in [5.74, 6) is 0. The smallest absolute Gasteiger partial charge is 0.0308 e. The molecule has 98 valence electrons. The molecule has 0 N–H and O–H groups in total. The maximum atomic E-state index is 2.34. The molecule has 0 bridgehead atoms. The second-order valence-corrected chi connectivity index (χ2v) is 6.39. The summed E-state index contributed by atoms with van der Waals surface area (Å²) in [6, 6.07) is 4.61. The van der Waals surface area contributed by atoms with Gasteiger partial charge in [-0.2, -0.15) is 0 Å². The van der Waals surface area contributed by atoms with E-state index in [1.165, 1.54) is 53.9 Å². The lowest BCUT2D eigenvalue weighted by Gasteiger charge is -2.14. The van der Waals surface area contributed by atoms with Gasteiger partial charge in [-0.25, -0.2) is 0 Å². The van der Waals surface area contributed by atoms with E-state index in [1.54, 1.807) is 11.1 Å². The van der Waals surface area contributed by atoms with Crippen molar-refractivity contribution in [1.82, 2.24) is 0 Å². The van der Waals surface area contributed by atoms with Crippen LogP contribution in [0.5, 0.6) is 0 Å². The van der Waals surface area contributed by atoms with Crippen molar-refractivity contribution in [3.63, 3.8) is 0 Å². The average Bonchev–Trinajstić information content (AvgIpc) is 2.82. The summed E-state index contributed by atoms with van der Waals surface area (Å²) < 4.78 is 0. The minimum atomic E-state index is 1.28. The fourth-order valence-electron chi connectivity index (χ4n) is 2.60. The third kappa shape index (κ3) is 3.14. The summed E-state index contributed by atoms with van der Waals surface area (Å²) in [4.78, 5) is 2.93. The lowest BCUT2D eigenvalue weighted by atomic mass is 9.93. The first kappa shape index (κ1) is 13.6. The monoisotopic (exact) mass is 260 g/mol. The first-order valence-corrected chi connectivity index (χ1v) is 7.96. The van der Waals surface area contributed by atoms with Gasteiger partial charge in [0.2, 0.25) is 0 Å². The van der Waals surface area contributed by atoms with Crippen molar-refractivity contribution in [1.29, 1.82) is 0 Å². The van der Waals surface area contributed by atoms with Gasteiger partial charge in [0, 0.05) is 9.75 Å². The zero-order chi connectivity index (χ0) is 13.0. The zero-order valence-corrected chi connectivity index (χ0v) is 12.7. The number of allylic oxidation sites excluding steroid dienone is 4. The van der Waals surface area contributed by atoms with Crippen molar-refractivity contribution in [3.8, 4) is 0 Å². The van der Waals surface area contributed by atoms with Crippen molar-refractivity contribution >= 4 is 22.5 Å². The minimum Gasteiger partial charge on any atom is -0.136 e. The number of rotatable bonds is 2. The van der Waals surface area contributed by atoms with E-state index in [0.717, 1.165) is 0 Å². The maximum Gasteiger partial charge on any atom is 0.0308 e. The Morgan fingerprint density at radius 1 is 1.11 bits per heavy atom. The van der Waals surface area contributed by atoms with Crippen molar-refractivity contribution < 1.29 is 0 Å². The molecule has 0 spiro atoms. The molecule has 0 aromatic carbocycles. The van der Waals surface area contributed by atoms with E-state index in [-0.39, 0.29) is 0 Å². The van der Waals surface area contributed by atoms with Crippen LogP contribution >= 0.6 is 11.3 Å². The van der Waals surface area contributed by atoms with E-state index in [1.807, 2.05) is 11.3 Å². The second kappa shape index (κ2) is 6.38. The van der Waals surface area contributed by atoms with Gasteiger partial charge >= 0.3 is 0 Å². The topological polar surface area (TPSA) is 0 Å². The molecule has 0 nitrogen and oxygen atoms in total. The maximum absolute atomic E-state index is 2.34. The molecule has 0 radical (unpaired) electrons. The van der Waals surface area contributed by atoms with Crippen LogP contribution in [0.25, 0.3) is 11.1 Å². The Morgan fingerprint density at radius 2 is 1.83 bits per heavy atom. The van der Waals surface area contributed by atoms with Gasteiger partial charge in [0.05, 0.1) is 0 Å². The predicted molar refractivity (Wildman–Crippen MR) is 83.9 cm³/mol. The Morgan fingerprint density at radius 3 is 2.56 bits per heavy atom. The van der Waals surface area contributed by atoms with Crippen molar-refractivity contribution in [3.05, 3.63) is 33.5 Å². The summed E-state index contributed by atoms with van der Waals surface area (Å²) in [6.45, 7) is 6.66. The Bertz CT molecular complexity index is 460. The second-order valence-electron chi connectivity index (χ2n) is 5.31. The molecular formula is C17H24S. The van der Waals surface area contributed by atoms with Gasteiger partial charge in [0.15, 0.2) is 0 Å². The van der Waals surface area contributed by atoms with Gasteiger partial charge < -0.3 is 0 Å². The summed E-state index contributed by atoms with van der Waals surface area (Å²) >= 11 is 1.97. The zero-order valence-electron chi connectivity index (χ0n) is 11.9. The molecule has 1 heterocycles. The summed E-state index contributed by atoms with van der Waals surface area (Å²) in [5.41, 5.74) is 4.66. The van der Waals surface area contributed by atoms with Crippen LogP contribution in [0.4, 0.5) is 0 Å². The highest BCUT2D eigenvalue weighted by Gasteiger charge is 2.11. The van der Waals surface area contributed by atoms with Gasteiger partial charge in [-0.1, -0.05) is 24.5 Å². The Balaban J connectivity index is 2.28. The van der Waals surface area contributed by atoms with Crippen LogP contribution in [0, 0.1) is 0 Å². The molecule has 1 aliphatic carbocycles. The highest BCUT2D eigenvalue weighted by atomic mass is 32.1. The van der Waals surface area contributed by atoms with Gasteiger partial charge in [-0.15, -0.1) is 11.3 Å². The molecule has 0 aliphatic heterocycles. The Hall–Kier alpha value is -0.820. The largest absolute Gasteiger partial charge is 0.136 e. The third-order valence-corrected chi connectivity index (χ3v) is 5.25. The van der Waals surface area contributed by atoms with Crippen LogP contribution in [0.1, 0.15) is 69.1 Å². The van der Waals surface area contributed by atoms with E-state index in [0.29, 0.717) is 0 Å². The number of hydrogen-bond donors (Lipinski definition) is 0. The van der Waals surface area contributed by atoms with Crippen molar-refractivity contribution in [2.75, 3.05) is 0 Å². The molecule has 1 aromatic rings. The van der Waals surface area contributed by atoms with E-state index < -0.39 is 0 Å². The van der Waals surface area contributed by atoms with E-state index in [4.69, 9.17) is 0 Å². The van der Waals surface area contributed by atoms with Gasteiger partial charge in [-0.05, 0) is 69.7 Å². The lowest BCUT2D eigenvalue weighted by molar-refractivity contribution is 0.632. The van der Waals surface area contributed by atoms with Crippen molar-refractivity contribution in [2.45, 2.75) is 59.3 Å². The van der Waals surface area contributed by atoms with Gasteiger partial charge in [-0.3, -0.25) is 0 Å². The third-order valence-electron chi connectivity index (χ3n) is 3.97. The normalized spacial score (nSPS) is 18.7. The SMILES string of the molecule is CC=C(C)c1ccc(C2=C(C)CCCCCC2)s1. The molecule has 2 rings (SSSR count). The first-order valence-electron chi connectivity index (χ1n) is 7.14. The fraction of sp³-hybridized carbons (Fsp3) is 0.529. The highest BCUT2D eigenvalue weighted by molar-refractivity contribution is 7.14. The van der Waals surface area contributed by atoms with Crippen LogP contribution in [0.2, 0.25) is 0 Å². The van der Waals surface area contributed by atoms with Crippen LogP contribution in [0.15, 0.2) is 23.8 Å². The minimum absolute atomic E-state index is 1.28. The number of thiophene rings is 1.